The molecule has 2 aromatic carbocycles. The van der Waals surface area contributed by atoms with Crippen LogP contribution in [-0.2, 0) is 4.79 Å². The molecule has 1 aliphatic heterocycles. The van der Waals surface area contributed by atoms with E-state index in [0.717, 1.165) is 27.7 Å². The fourth-order valence-corrected chi connectivity index (χ4v) is 3.71. The number of aromatic nitrogens is 2. The molecule has 1 aromatic heterocycles. The highest BCUT2D eigenvalue weighted by atomic mass is 16.2. The third-order valence-electron chi connectivity index (χ3n) is 5.61. The van der Waals surface area contributed by atoms with E-state index in [1.807, 2.05) is 55.1 Å². The van der Waals surface area contributed by atoms with E-state index in [4.69, 9.17) is 0 Å². The summed E-state index contributed by atoms with van der Waals surface area (Å²) >= 11 is 0. The quantitative estimate of drug-likeness (QED) is 0.716. The smallest absolute Gasteiger partial charge is 0.256 e. The number of rotatable bonds is 4. The summed E-state index contributed by atoms with van der Waals surface area (Å²) < 4.78 is 0. The van der Waals surface area contributed by atoms with E-state index in [2.05, 4.69) is 20.4 Å². The summed E-state index contributed by atoms with van der Waals surface area (Å²) in [6, 6.07) is 11.5. The molecule has 0 radical (unpaired) electrons. The molecule has 2 heterocycles. The van der Waals surface area contributed by atoms with Crippen molar-refractivity contribution >= 4 is 28.4 Å². The molecular weight excluding hydrogens is 366 g/mol. The second-order valence-corrected chi connectivity index (χ2v) is 7.50. The van der Waals surface area contributed by atoms with E-state index in [-0.39, 0.29) is 11.8 Å². The molecule has 7 nitrogen and oxygen atoms in total. The number of carbonyl (C=O) groups is 2. The maximum atomic E-state index is 12.9. The van der Waals surface area contributed by atoms with Crippen molar-refractivity contribution in [1.29, 1.82) is 0 Å². The molecule has 0 saturated carbocycles. The maximum absolute atomic E-state index is 12.9. The number of amides is 2. The van der Waals surface area contributed by atoms with Crippen molar-refractivity contribution in [3.63, 3.8) is 0 Å². The van der Waals surface area contributed by atoms with Crippen LogP contribution in [0.1, 0.15) is 21.5 Å². The third-order valence-corrected chi connectivity index (χ3v) is 5.61. The summed E-state index contributed by atoms with van der Waals surface area (Å²) in [6.07, 6.45) is 1.72. The Bertz CT molecular complexity index is 1050. The standard InChI is InChI=1S/C22H25N5O2/c1-15-5-3-8-19(16(15)2)24-20(28)14-26-9-11-27(12-10-26)22(29)18-7-4-6-17-13-23-25-21(17)18/h3-8,13H,9-12,14H2,1-2H3,(H,23,25)(H,24,28). The number of carbonyl (C=O) groups excluding carboxylic acids is 2. The lowest BCUT2D eigenvalue weighted by molar-refractivity contribution is -0.117. The van der Waals surface area contributed by atoms with E-state index in [0.29, 0.717) is 38.3 Å². The van der Waals surface area contributed by atoms with Crippen LogP contribution in [0.4, 0.5) is 5.69 Å². The fraction of sp³-hybridized carbons (Fsp3) is 0.318. The van der Waals surface area contributed by atoms with Crippen LogP contribution in [0.3, 0.4) is 0 Å². The lowest BCUT2D eigenvalue weighted by Crippen LogP contribution is -2.50. The number of para-hydroxylation sites is 1. The van der Waals surface area contributed by atoms with Gasteiger partial charge in [-0.3, -0.25) is 19.6 Å². The van der Waals surface area contributed by atoms with Crippen LogP contribution in [0, 0.1) is 13.8 Å². The van der Waals surface area contributed by atoms with Gasteiger partial charge in [0.25, 0.3) is 5.91 Å². The van der Waals surface area contributed by atoms with E-state index in [1.54, 1.807) is 6.20 Å². The van der Waals surface area contributed by atoms with Gasteiger partial charge in [0, 0.05) is 37.3 Å². The molecule has 150 valence electrons. The number of hydrogen-bond donors (Lipinski definition) is 2. The molecule has 0 atom stereocenters. The van der Waals surface area contributed by atoms with Crippen molar-refractivity contribution in [1.82, 2.24) is 20.0 Å². The predicted molar refractivity (Wildman–Crippen MR) is 113 cm³/mol. The molecule has 1 aliphatic rings. The van der Waals surface area contributed by atoms with Crippen molar-refractivity contribution < 1.29 is 9.59 Å². The number of benzene rings is 2. The molecule has 2 amide bonds. The maximum Gasteiger partial charge on any atom is 0.256 e. The van der Waals surface area contributed by atoms with Gasteiger partial charge < -0.3 is 10.2 Å². The highest BCUT2D eigenvalue weighted by Gasteiger charge is 2.24. The van der Waals surface area contributed by atoms with Gasteiger partial charge in [0.1, 0.15) is 0 Å². The zero-order valence-electron chi connectivity index (χ0n) is 16.7. The van der Waals surface area contributed by atoms with Gasteiger partial charge in [-0.2, -0.15) is 5.10 Å². The number of fused-ring (bicyclic) bond motifs is 1. The summed E-state index contributed by atoms with van der Waals surface area (Å²) in [4.78, 5) is 29.3. The van der Waals surface area contributed by atoms with E-state index >= 15 is 0 Å². The lowest BCUT2D eigenvalue weighted by atomic mass is 10.1. The van der Waals surface area contributed by atoms with Gasteiger partial charge in [-0.25, -0.2) is 0 Å². The molecule has 0 unspecified atom stereocenters. The Kier molecular flexibility index (Phi) is 5.31. The number of H-pyrrole nitrogens is 1. The van der Waals surface area contributed by atoms with Crippen LogP contribution in [-0.4, -0.2) is 64.5 Å². The first-order valence-electron chi connectivity index (χ1n) is 9.83. The van der Waals surface area contributed by atoms with Gasteiger partial charge in [0.15, 0.2) is 0 Å². The molecule has 7 heteroatoms. The van der Waals surface area contributed by atoms with Crippen LogP contribution < -0.4 is 5.32 Å². The average Bonchev–Trinajstić information content (AvgIpc) is 3.20. The summed E-state index contributed by atoms with van der Waals surface area (Å²) in [6.45, 7) is 6.90. The summed E-state index contributed by atoms with van der Waals surface area (Å²) in [5, 5.41) is 10.9. The first-order valence-corrected chi connectivity index (χ1v) is 9.83. The molecule has 3 aromatic rings. The molecule has 0 bridgehead atoms. The largest absolute Gasteiger partial charge is 0.336 e. The monoisotopic (exact) mass is 391 g/mol. The van der Waals surface area contributed by atoms with E-state index in [9.17, 15) is 9.59 Å². The molecule has 1 saturated heterocycles. The van der Waals surface area contributed by atoms with E-state index < -0.39 is 0 Å². The summed E-state index contributed by atoms with van der Waals surface area (Å²) in [5.74, 6) is -0.0277. The van der Waals surface area contributed by atoms with Crippen molar-refractivity contribution in [3.05, 3.63) is 59.3 Å². The van der Waals surface area contributed by atoms with Gasteiger partial charge in [-0.05, 0) is 37.1 Å². The first kappa shape index (κ1) is 19.1. The molecule has 1 fully saturated rings. The van der Waals surface area contributed by atoms with Crippen LogP contribution in [0.15, 0.2) is 42.6 Å². The summed E-state index contributed by atoms with van der Waals surface area (Å²) in [5.41, 5.74) is 4.51. The number of anilines is 1. The van der Waals surface area contributed by atoms with Gasteiger partial charge in [-0.15, -0.1) is 0 Å². The Morgan fingerprint density at radius 3 is 2.62 bits per heavy atom. The second kappa shape index (κ2) is 8.05. The normalized spacial score (nSPS) is 14.9. The molecule has 29 heavy (non-hydrogen) atoms. The minimum Gasteiger partial charge on any atom is -0.336 e. The number of aryl methyl sites for hydroxylation is 1. The van der Waals surface area contributed by atoms with Crippen LogP contribution >= 0.6 is 0 Å². The second-order valence-electron chi connectivity index (χ2n) is 7.50. The number of aromatic amines is 1. The van der Waals surface area contributed by atoms with E-state index in [1.165, 1.54) is 0 Å². The van der Waals surface area contributed by atoms with Gasteiger partial charge in [-0.1, -0.05) is 24.3 Å². The molecule has 0 spiro atoms. The Labute approximate surface area is 169 Å². The average molecular weight is 391 g/mol. The fourth-order valence-electron chi connectivity index (χ4n) is 3.71. The van der Waals surface area contributed by atoms with Gasteiger partial charge >= 0.3 is 0 Å². The van der Waals surface area contributed by atoms with Gasteiger partial charge in [0.2, 0.25) is 5.91 Å². The Balaban J connectivity index is 1.33. The lowest BCUT2D eigenvalue weighted by Gasteiger charge is -2.34. The highest BCUT2D eigenvalue weighted by Crippen LogP contribution is 2.19. The Morgan fingerprint density at radius 2 is 1.83 bits per heavy atom. The zero-order chi connectivity index (χ0) is 20.4. The molecule has 4 rings (SSSR count). The van der Waals surface area contributed by atoms with Crippen molar-refractivity contribution in [2.75, 3.05) is 38.0 Å². The van der Waals surface area contributed by atoms with Crippen molar-refractivity contribution in [2.24, 2.45) is 0 Å². The van der Waals surface area contributed by atoms with Crippen LogP contribution in [0.2, 0.25) is 0 Å². The van der Waals surface area contributed by atoms with Crippen LogP contribution in [0.25, 0.3) is 10.9 Å². The third kappa shape index (κ3) is 4.00. The molecule has 0 aliphatic carbocycles. The number of nitrogens with one attached hydrogen (secondary N) is 2. The highest BCUT2D eigenvalue weighted by molar-refractivity contribution is 6.05. The number of hydrogen-bond acceptors (Lipinski definition) is 4. The Morgan fingerprint density at radius 1 is 1.07 bits per heavy atom. The summed E-state index contributed by atoms with van der Waals surface area (Å²) in [7, 11) is 0. The minimum atomic E-state index is -0.0271. The van der Waals surface area contributed by atoms with Crippen molar-refractivity contribution in [3.8, 4) is 0 Å². The van der Waals surface area contributed by atoms with Gasteiger partial charge in [0.05, 0.1) is 23.8 Å². The number of piperazine rings is 1. The molecular formula is C22H25N5O2. The predicted octanol–water partition coefficient (Wildman–Crippen LogP) is 2.58. The van der Waals surface area contributed by atoms with Crippen molar-refractivity contribution in [2.45, 2.75) is 13.8 Å². The SMILES string of the molecule is Cc1cccc(NC(=O)CN2CCN(C(=O)c3cccc4cn[nH]c34)CC2)c1C. The number of nitrogens with zero attached hydrogens (tertiary/aromatic N) is 3. The van der Waals surface area contributed by atoms with Crippen LogP contribution in [0.5, 0.6) is 0 Å². The molecule has 2 N–H and O–H groups in total. The zero-order valence-corrected chi connectivity index (χ0v) is 16.7. The minimum absolute atomic E-state index is 0.000614. The first-order chi connectivity index (χ1) is 14.0. The Hall–Kier alpha value is -3.19. The topological polar surface area (TPSA) is 81.3 Å².